The van der Waals surface area contributed by atoms with Gasteiger partial charge in [-0.1, -0.05) is 0 Å². The minimum absolute atomic E-state index is 0.138. The second kappa shape index (κ2) is 2.78. The molecule has 3 nitrogen and oxygen atoms in total. The molecule has 0 fully saturated rings. The van der Waals surface area contributed by atoms with E-state index in [0.717, 1.165) is 15.3 Å². The van der Waals surface area contributed by atoms with Crippen LogP contribution in [-0.4, -0.2) is 4.98 Å². The zero-order valence-electron chi connectivity index (χ0n) is 7.13. The summed E-state index contributed by atoms with van der Waals surface area (Å²) in [6.45, 7) is 3.87. The number of fused-ring (bicyclic) bond motifs is 1. The molecular formula is C8H7NO2S2. The van der Waals surface area contributed by atoms with Crippen molar-refractivity contribution in [1.82, 2.24) is 4.98 Å². The summed E-state index contributed by atoms with van der Waals surface area (Å²) in [5.74, 6) is 0. The van der Waals surface area contributed by atoms with Crippen molar-refractivity contribution in [3.63, 3.8) is 0 Å². The molecule has 5 heteroatoms. The van der Waals surface area contributed by atoms with Crippen LogP contribution in [0.1, 0.15) is 10.4 Å². The SMILES string of the molecule is Cc1sc2[nH]c(=S)oc(=O)c2c1C. The summed E-state index contributed by atoms with van der Waals surface area (Å²) in [7, 11) is 0. The Morgan fingerprint density at radius 1 is 1.46 bits per heavy atom. The largest absolute Gasteiger partial charge is 0.395 e. The topological polar surface area (TPSA) is 46.0 Å². The third-order valence-electron chi connectivity index (χ3n) is 1.99. The normalized spacial score (nSPS) is 10.9. The van der Waals surface area contributed by atoms with Crippen LogP contribution in [0.15, 0.2) is 9.21 Å². The minimum Gasteiger partial charge on any atom is -0.395 e. The molecule has 0 radical (unpaired) electrons. The summed E-state index contributed by atoms with van der Waals surface area (Å²) in [6.07, 6.45) is 0. The molecule has 0 saturated carbocycles. The van der Waals surface area contributed by atoms with Crippen LogP contribution in [0.25, 0.3) is 10.2 Å². The average Bonchev–Trinajstić information content (AvgIpc) is 2.27. The molecule has 0 bridgehead atoms. The van der Waals surface area contributed by atoms with Crippen LogP contribution in [0.5, 0.6) is 0 Å². The van der Waals surface area contributed by atoms with Crippen LogP contribution < -0.4 is 5.63 Å². The van der Waals surface area contributed by atoms with E-state index in [0.29, 0.717) is 5.39 Å². The summed E-state index contributed by atoms with van der Waals surface area (Å²) < 4.78 is 4.79. The maximum absolute atomic E-state index is 11.4. The number of rotatable bonds is 0. The summed E-state index contributed by atoms with van der Waals surface area (Å²) in [4.78, 5) is 16.3. The molecule has 2 aromatic heterocycles. The van der Waals surface area contributed by atoms with E-state index >= 15 is 0 Å². The standard InChI is InChI=1S/C8H7NO2S2/c1-3-4(2)13-6-5(3)7(10)11-8(12)9-6/h1-2H3,(H,9,12). The van der Waals surface area contributed by atoms with Gasteiger partial charge in [0.25, 0.3) is 4.84 Å². The van der Waals surface area contributed by atoms with Gasteiger partial charge in [0.2, 0.25) is 0 Å². The van der Waals surface area contributed by atoms with Gasteiger partial charge in [0.05, 0.1) is 5.39 Å². The van der Waals surface area contributed by atoms with Gasteiger partial charge in [-0.15, -0.1) is 11.3 Å². The van der Waals surface area contributed by atoms with Crippen molar-refractivity contribution in [1.29, 1.82) is 0 Å². The van der Waals surface area contributed by atoms with E-state index in [1.165, 1.54) is 11.3 Å². The van der Waals surface area contributed by atoms with Crippen LogP contribution in [0.3, 0.4) is 0 Å². The summed E-state index contributed by atoms with van der Waals surface area (Å²) >= 11 is 6.29. The predicted molar refractivity (Wildman–Crippen MR) is 55.0 cm³/mol. The average molecular weight is 213 g/mol. The van der Waals surface area contributed by atoms with Gasteiger partial charge in [-0.3, -0.25) is 0 Å². The highest BCUT2D eigenvalue weighted by Gasteiger charge is 2.09. The van der Waals surface area contributed by atoms with Crippen LogP contribution in [0, 0.1) is 18.7 Å². The Morgan fingerprint density at radius 2 is 2.15 bits per heavy atom. The van der Waals surface area contributed by atoms with E-state index < -0.39 is 0 Å². The lowest BCUT2D eigenvalue weighted by atomic mass is 10.2. The molecule has 0 aliphatic rings. The third kappa shape index (κ3) is 1.24. The fraction of sp³-hybridized carbons (Fsp3) is 0.250. The van der Waals surface area contributed by atoms with Gasteiger partial charge in [0.1, 0.15) is 4.83 Å². The molecule has 2 heterocycles. The highest BCUT2D eigenvalue weighted by Crippen LogP contribution is 2.25. The zero-order valence-corrected chi connectivity index (χ0v) is 8.77. The number of hydrogen-bond donors (Lipinski definition) is 1. The van der Waals surface area contributed by atoms with Crippen molar-refractivity contribution in [2.45, 2.75) is 13.8 Å². The van der Waals surface area contributed by atoms with Gasteiger partial charge in [0, 0.05) is 4.88 Å². The molecule has 0 amide bonds. The van der Waals surface area contributed by atoms with E-state index in [4.69, 9.17) is 16.6 Å². The maximum Gasteiger partial charge on any atom is 0.348 e. The van der Waals surface area contributed by atoms with E-state index in [2.05, 4.69) is 4.98 Å². The first kappa shape index (κ1) is 8.65. The molecule has 0 aromatic carbocycles. The lowest BCUT2D eigenvalue weighted by Gasteiger charge is -1.88. The maximum atomic E-state index is 11.4. The van der Waals surface area contributed by atoms with Crippen molar-refractivity contribution >= 4 is 33.8 Å². The van der Waals surface area contributed by atoms with Crippen molar-refractivity contribution < 1.29 is 4.42 Å². The fourth-order valence-electron chi connectivity index (χ4n) is 1.21. The molecule has 0 spiro atoms. The van der Waals surface area contributed by atoms with E-state index in [1.807, 2.05) is 13.8 Å². The molecule has 2 aromatic rings. The summed E-state index contributed by atoms with van der Waals surface area (Å²) in [5.41, 5.74) is 0.626. The van der Waals surface area contributed by atoms with Crippen LogP contribution >= 0.6 is 23.6 Å². The number of nitrogens with one attached hydrogen (secondary N) is 1. The molecule has 2 rings (SSSR count). The number of aromatic amines is 1. The van der Waals surface area contributed by atoms with Gasteiger partial charge >= 0.3 is 5.63 Å². The van der Waals surface area contributed by atoms with Gasteiger partial charge in [0.15, 0.2) is 0 Å². The first-order valence-corrected chi connectivity index (χ1v) is 4.95. The van der Waals surface area contributed by atoms with Crippen molar-refractivity contribution in [3.8, 4) is 0 Å². The second-order valence-corrected chi connectivity index (χ2v) is 4.38. The molecule has 68 valence electrons. The van der Waals surface area contributed by atoms with Crippen molar-refractivity contribution in [2.75, 3.05) is 0 Å². The van der Waals surface area contributed by atoms with Crippen molar-refractivity contribution in [3.05, 3.63) is 25.7 Å². The highest BCUT2D eigenvalue weighted by molar-refractivity contribution is 7.71. The summed E-state index contributed by atoms with van der Waals surface area (Å²) in [6, 6.07) is 0. The fourth-order valence-corrected chi connectivity index (χ4v) is 2.50. The van der Waals surface area contributed by atoms with Gasteiger partial charge in [-0.25, -0.2) is 4.79 Å². The van der Waals surface area contributed by atoms with E-state index in [9.17, 15) is 4.79 Å². The Kier molecular flexibility index (Phi) is 1.85. The third-order valence-corrected chi connectivity index (χ3v) is 3.30. The van der Waals surface area contributed by atoms with Gasteiger partial charge in [-0.2, -0.15) is 0 Å². The van der Waals surface area contributed by atoms with Crippen LogP contribution in [0.4, 0.5) is 0 Å². The number of H-pyrrole nitrogens is 1. The molecule has 0 saturated heterocycles. The number of thiophene rings is 1. The Hall–Kier alpha value is -0.940. The molecule has 13 heavy (non-hydrogen) atoms. The minimum atomic E-state index is -0.347. The molecule has 1 N–H and O–H groups in total. The first-order valence-electron chi connectivity index (χ1n) is 3.72. The van der Waals surface area contributed by atoms with Crippen LogP contribution in [-0.2, 0) is 0 Å². The molecule has 0 aliphatic heterocycles. The Labute approximate surface area is 83.0 Å². The number of hydrogen-bond acceptors (Lipinski definition) is 4. The molecule has 0 unspecified atom stereocenters. The first-order chi connectivity index (χ1) is 6.09. The number of aromatic nitrogens is 1. The highest BCUT2D eigenvalue weighted by atomic mass is 32.1. The zero-order chi connectivity index (χ0) is 9.59. The van der Waals surface area contributed by atoms with Gasteiger partial charge in [-0.05, 0) is 31.6 Å². The van der Waals surface area contributed by atoms with Crippen molar-refractivity contribution in [2.24, 2.45) is 0 Å². The molecule has 0 aliphatic carbocycles. The lowest BCUT2D eigenvalue weighted by Crippen LogP contribution is -2.00. The lowest BCUT2D eigenvalue weighted by molar-refractivity contribution is 0.485. The van der Waals surface area contributed by atoms with E-state index in [1.54, 1.807) is 0 Å². The Balaban J connectivity index is 3.12. The van der Waals surface area contributed by atoms with Crippen LogP contribution in [0.2, 0.25) is 0 Å². The van der Waals surface area contributed by atoms with Gasteiger partial charge < -0.3 is 9.40 Å². The quantitative estimate of drug-likeness (QED) is 0.684. The Morgan fingerprint density at radius 3 is 2.85 bits per heavy atom. The smallest absolute Gasteiger partial charge is 0.348 e. The second-order valence-electron chi connectivity index (χ2n) is 2.79. The number of aryl methyl sites for hydroxylation is 2. The predicted octanol–water partition coefficient (Wildman–Crippen LogP) is 2.53. The molecular weight excluding hydrogens is 206 g/mol. The van der Waals surface area contributed by atoms with E-state index in [-0.39, 0.29) is 10.5 Å². The monoisotopic (exact) mass is 213 g/mol. The Bertz CT molecular complexity index is 576. The summed E-state index contributed by atoms with van der Waals surface area (Å²) in [5, 5.41) is 0.621. The molecule has 0 atom stereocenters.